The molecule has 0 aliphatic carbocycles. The lowest BCUT2D eigenvalue weighted by atomic mass is 9.73. The van der Waals surface area contributed by atoms with E-state index in [9.17, 15) is 0 Å². The number of fused-ring (bicyclic) bond motifs is 5. The molecule has 252 valence electrons. The molecule has 0 amide bonds. The van der Waals surface area contributed by atoms with Crippen LogP contribution in [0.15, 0.2) is 174 Å². The molecule has 7 aromatic carbocycles. The average molecular weight is 683 g/mol. The second-order valence-electron chi connectivity index (χ2n) is 14.1. The Morgan fingerprint density at radius 1 is 0.453 bits per heavy atom. The standard InChI is InChI=1S/C48H34N4O/c1-48(2)39-23-12-13-24-41(39)52(35-19-10-5-11-20-35)42-28-26-33(29-40(42)48)36-21-14-22-38-37-27-25-34(30-43(37)53-44(36)38)47-50-45(31-15-6-3-7-16-31)49-46(51-47)32-17-8-4-9-18-32/h3-30H,1-2H3. The summed E-state index contributed by atoms with van der Waals surface area (Å²) in [5.74, 6) is 1.86. The predicted molar refractivity (Wildman–Crippen MR) is 216 cm³/mol. The summed E-state index contributed by atoms with van der Waals surface area (Å²) < 4.78 is 6.79. The summed E-state index contributed by atoms with van der Waals surface area (Å²) in [7, 11) is 0. The first-order chi connectivity index (χ1) is 26.0. The summed E-state index contributed by atoms with van der Waals surface area (Å²) in [6, 6.07) is 59.0. The highest BCUT2D eigenvalue weighted by Crippen LogP contribution is 2.53. The third-order valence-electron chi connectivity index (χ3n) is 10.5. The van der Waals surface area contributed by atoms with Crippen LogP contribution in [0, 0.1) is 0 Å². The van der Waals surface area contributed by atoms with Gasteiger partial charge in [-0.25, -0.2) is 15.0 Å². The van der Waals surface area contributed by atoms with Gasteiger partial charge in [0.15, 0.2) is 17.5 Å². The Morgan fingerprint density at radius 2 is 1.04 bits per heavy atom. The molecule has 0 saturated carbocycles. The zero-order chi connectivity index (χ0) is 35.5. The third kappa shape index (κ3) is 5.12. The second kappa shape index (κ2) is 12.1. The topological polar surface area (TPSA) is 55.1 Å². The van der Waals surface area contributed by atoms with Gasteiger partial charge in [-0.2, -0.15) is 0 Å². The van der Waals surface area contributed by atoms with Crippen molar-refractivity contribution in [2.75, 3.05) is 4.90 Å². The van der Waals surface area contributed by atoms with Gasteiger partial charge in [-0.1, -0.05) is 141 Å². The van der Waals surface area contributed by atoms with E-state index in [1.807, 2.05) is 60.7 Å². The summed E-state index contributed by atoms with van der Waals surface area (Å²) in [6.45, 7) is 4.65. The van der Waals surface area contributed by atoms with Crippen LogP contribution >= 0.6 is 0 Å². The van der Waals surface area contributed by atoms with Crippen LogP contribution in [-0.4, -0.2) is 15.0 Å². The molecule has 3 heterocycles. The number of nitrogens with zero attached hydrogens (tertiary/aromatic N) is 4. The number of hydrogen-bond acceptors (Lipinski definition) is 5. The molecule has 1 aliphatic rings. The summed E-state index contributed by atoms with van der Waals surface area (Å²) in [4.78, 5) is 17.2. The largest absolute Gasteiger partial charge is 0.455 e. The molecule has 0 N–H and O–H groups in total. The number of para-hydroxylation sites is 3. The van der Waals surface area contributed by atoms with Gasteiger partial charge in [0.25, 0.3) is 0 Å². The Labute approximate surface area is 307 Å². The summed E-state index contributed by atoms with van der Waals surface area (Å²) in [6.07, 6.45) is 0. The molecule has 0 bridgehead atoms. The molecular weight excluding hydrogens is 649 g/mol. The molecule has 5 heteroatoms. The molecule has 0 radical (unpaired) electrons. The number of furan rings is 1. The highest BCUT2D eigenvalue weighted by atomic mass is 16.3. The Kier molecular flexibility index (Phi) is 7.08. The highest BCUT2D eigenvalue weighted by Gasteiger charge is 2.37. The zero-order valence-electron chi connectivity index (χ0n) is 29.4. The van der Waals surface area contributed by atoms with Gasteiger partial charge in [-0.3, -0.25) is 0 Å². The van der Waals surface area contributed by atoms with Crippen LogP contribution in [-0.2, 0) is 5.41 Å². The van der Waals surface area contributed by atoms with Crippen LogP contribution in [0.25, 0.3) is 67.2 Å². The van der Waals surface area contributed by atoms with Crippen molar-refractivity contribution < 1.29 is 4.42 Å². The molecule has 0 unspecified atom stereocenters. The van der Waals surface area contributed by atoms with Gasteiger partial charge in [0.2, 0.25) is 0 Å². The second-order valence-corrected chi connectivity index (χ2v) is 14.1. The monoisotopic (exact) mass is 682 g/mol. The fraction of sp³-hybridized carbons (Fsp3) is 0.0625. The van der Waals surface area contributed by atoms with Crippen molar-refractivity contribution in [2.45, 2.75) is 19.3 Å². The maximum Gasteiger partial charge on any atom is 0.164 e. The SMILES string of the molecule is CC1(C)c2ccccc2N(c2ccccc2)c2ccc(-c3cccc4c3oc3cc(-c5nc(-c6ccccc6)nc(-c6ccccc6)n5)ccc34)cc21. The summed E-state index contributed by atoms with van der Waals surface area (Å²) in [5.41, 5.74) is 12.5. The molecule has 0 spiro atoms. The number of anilines is 3. The maximum absolute atomic E-state index is 6.79. The quantitative estimate of drug-likeness (QED) is 0.181. The molecule has 2 aromatic heterocycles. The smallest absolute Gasteiger partial charge is 0.164 e. The van der Waals surface area contributed by atoms with E-state index in [4.69, 9.17) is 19.4 Å². The van der Waals surface area contributed by atoms with Gasteiger partial charge in [0.1, 0.15) is 11.2 Å². The van der Waals surface area contributed by atoms with Gasteiger partial charge in [-0.05, 0) is 59.2 Å². The number of rotatable bonds is 5. The van der Waals surface area contributed by atoms with Crippen molar-refractivity contribution in [1.82, 2.24) is 15.0 Å². The van der Waals surface area contributed by atoms with Crippen LogP contribution < -0.4 is 4.90 Å². The molecule has 1 aliphatic heterocycles. The first kappa shape index (κ1) is 30.9. The summed E-state index contributed by atoms with van der Waals surface area (Å²) >= 11 is 0. The van der Waals surface area contributed by atoms with E-state index in [1.165, 1.54) is 22.5 Å². The number of aromatic nitrogens is 3. The summed E-state index contributed by atoms with van der Waals surface area (Å²) in [5, 5.41) is 2.12. The Bertz CT molecular complexity index is 2750. The van der Waals surface area contributed by atoms with E-state index in [0.717, 1.165) is 55.4 Å². The van der Waals surface area contributed by atoms with Crippen LogP contribution in [0.2, 0.25) is 0 Å². The molecule has 0 fully saturated rings. The normalized spacial score (nSPS) is 13.2. The molecule has 53 heavy (non-hydrogen) atoms. The van der Waals surface area contributed by atoms with Crippen molar-refractivity contribution in [3.63, 3.8) is 0 Å². The molecule has 0 atom stereocenters. The van der Waals surface area contributed by atoms with Crippen LogP contribution in [0.1, 0.15) is 25.0 Å². The number of benzene rings is 7. The van der Waals surface area contributed by atoms with Crippen molar-refractivity contribution in [2.24, 2.45) is 0 Å². The van der Waals surface area contributed by atoms with Crippen LogP contribution in [0.5, 0.6) is 0 Å². The Morgan fingerprint density at radius 3 is 1.74 bits per heavy atom. The lowest BCUT2D eigenvalue weighted by Crippen LogP contribution is -2.30. The predicted octanol–water partition coefficient (Wildman–Crippen LogP) is 12.5. The lowest BCUT2D eigenvalue weighted by Gasteiger charge is -2.42. The first-order valence-corrected chi connectivity index (χ1v) is 18.0. The molecule has 9 aromatic rings. The van der Waals surface area contributed by atoms with Crippen molar-refractivity contribution >= 4 is 39.0 Å². The van der Waals surface area contributed by atoms with Crippen molar-refractivity contribution in [3.05, 3.63) is 181 Å². The lowest BCUT2D eigenvalue weighted by molar-refractivity contribution is 0.632. The minimum Gasteiger partial charge on any atom is -0.455 e. The Balaban J connectivity index is 1.10. The van der Waals surface area contributed by atoms with Crippen LogP contribution in [0.4, 0.5) is 17.1 Å². The molecular formula is C48H34N4O. The molecule has 5 nitrogen and oxygen atoms in total. The van der Waals surface area contributed by atoms with E-state index < -0.39 is 0 Å². The van der Waals surface area contributed by atoms with Gasteiger partial charge in [0.05, 0.1) is 11.4 Å². The van der Waals surface area contributed by atoms with E-state index >= 15 is 0 Å². The van der Waals surface area contributed by atoms with Gasteiger partial charge in [-0.15, -0.1) is 0 Å². The number of hydrogen-bond donors (Lipinski definition) is 0. The van der Waals surface area contributed by atoms with Gasteiger partial charge in [0, 0.05) is 44.1 Å². The molecule has 0 saturated heterocycles. The van der Waals surface area contributed by atoms with Crippen molar-refractivity contribution in [1.29, 1.82) is 0 Å². The third-order valence-corrected chi connectivity index (χ3v) is 10.5. The van der Waals surface area contributed by atoms with Crippen LogP contribution in [0.3, 0.4) is 0 Å². The van der Waals surface area contributed by atoms with E-state index in [-0.39, 0.29) is 5.41 Å². The highest BCUT2D eigenvalue weighted by molar-refractivity contribution is 6.10. The minimum atomic E-state index is -0.217. The minimum absolute atomic E-state index is 0.217. The fourth-order valence-corrected chi connectivity index (χ4v) is 7.83. The Hall–Kier alpha value is -6.85. The van der Waals surface area contributed by atoms with Gasteiger partial charge >= 0.3 is 0 Å². The maximum atomic E-state index is 6.79. The zero-order valence-corrected chi connectivity index (χ0v) is 29.4. The first-order valence-electron chi connectivity index (χ1n) is 18.0. The average Bonchev–Trinajstić information content (AvgIpc) is 3.60. The molecule has 10 rings (SSSR count). The fourth-order valence-electron chi connectivity index (χ4n) is 7.83. The van der Waals surface area contributed by atoms with Crippen molar-refractivity contribution in [3.8, 4) is 45.3 Å². The van der Waals surface area contributed by atoms with E-state index in [1.54, 1.807) is 0 Å². The van der Waals surface area contributed by atoms with E-state index in [2.05, 4.69) is 128 Å². The van der Waals surface area contributed by atoms with Gasteiger partial charge < -0.3 is 9.32 Å². The van der Waals surface area contributed by atoms with E-state index in [0.29, 0.717) is 17.5 Å².